The van der Waals surface area contributed by atoms with E-state index in [0.29, 0.717) is 6.42 Å². The molecule has 0 aliphatic rings. The van der Waals surface area contributed by atoms with Crippen LogP contribution in [0.5, 0.6) is 0 Å². The van der Waals surface area contributed by atoms with Crippen LogP contribution in [0, 0.1) is 5.92 Å². The zero-order valence-corrected chi connectivity index (χ0v) is 12.2. The Hall–Kier alpha value is -2.29. The zero-order valence-electron chi connectivity index (χ0n) is 12.2. The summed E-state index contributed by atoms with van der Waals surface area (Å²) in [5, 5.41) is 28.5. The summed E-state index contributed by atoms with van der Waals surface area (Å²) in [5.41, 5.74) is 0. The Labute approximate surface area is 126 Å². The van der Waals surface area contributed by atoms with Crippen molar-refractivity contribution in [3.8, 4) is 0 Å². The average molecular weight is 317 g/mol. The average Bonchev–Trinajstić information content (AvgIpc) is 2.40. The molecule has 0 saturated carbocycles. The first-order chi connectivity index (χ1) is 10.1. The van der Waals surface area contributed by atoms with Gasteiger partial charge in [-0.3, -0.25) is 24.5 Å². The van der Waals surface area contributed by atoms with Crippen LogP contribution < -0.4 is 5.32 Å². The molecule has 0 aromatic heterocycles. The number of hydrogen-bond acceptors (Lipinski definition) is 6. The van der Waals surface area contributed by atoms with Crippen LogP contribution in [-0.4, -0.2) is 56.9 Å². The van der Waals surface area contributed by atoms with Crippen LogP contribution >= 0.6 is 0 Å². The standard InChI is InChI=1S/C13H19NO8/c1-3-6(2)11(19)10(12(20)13(21)22)14-7(4-8(15)16)5-9(17)18/h6-7,10,14H,3-5H2,1-2H3,(H,15,16)(H,17,18)(H,21,22). The van der Waals surface area contributed by atoms with Gasteiger partial charge in [0.2, 0.25) is 0 Å². The van der Waals surface area contributed by atoms with Gasteiger partial charge >= 0.3 is 17.9 Å². The molecule has 2 unspecified atom stereocenters. The summed E-state index contributed by atoms with van der Waals surface area (Å²) in [6.07, 6.45) is -0.973. The zero-order chi connectivity index (χ0) is 17.4. The molecule has 0 radical (unpaired) electrons. The van der Waals surface area contributed by atoms with E-state index < -0.39 is 60.3 Å². The van der Waals surface area contributed by atoms with Crippen LogP contribution in [0.3, 0.4) is 0 Å². The number of Topliss-reactive ketones (excluding diaryl/α,β-unsaturated/α-hetero) is 2. The van der Waals surface area contributed by atoms with Crippen molar-refractivity contribution >= 4 is 29.5 Å². The van der Waals surface area contributed by atoms with Crippen molar-refractivity contribution in [2.24, 2.45) is 5.92 Å². The Morgan fingerprint density at radius 1 is 0.955 bits per heavy atom. The summed E-state index contributed by atoms with van der Waals surface area (Å²) in [6.45, 7) is 3.16. The largest absolute Gasteiger partial charge is 0.481 e. The summed E-state index contributed by atoms with van der Waals surface area (Å²) in [6, 6.07) is -3.01. The van der Waals surface area contributed by atoms with E-state index in [-0.39, 0.29) is 0 Å². The van der Waals surface area contributed by atoms with Crippen LogP contribution in [-0.2, 0) is 24.0 Å². The van der Waals surface area contributed by atoms with Crippen molar-refractivity contribution in [1.82, 2.24) is 5.32 Å². The van der Waals surface area contributed by atoms with Crippen molar-refractivity contribution in [3.05, 3.63) is 0 Å². The van der Waals surface area contributed by atoms with E-state index in [9.17, 15) is 24.0 Å². The van der Waals surface area contributed by atoms with Crippen LogP contribution in [0.25, 0.3) is 0 Å². The maximum absolute atomic E-state index is 12.1. The summed E-state index contributed by atoms with van der Waals surface area (Å²) < 4.78 is 0. The Balaban J connectivity index is 5.33. The van der Waals surface area contributed by atoms with Gasteiger partial charge in [-0.1, -0.05) is 13.8 Å². The molecule has 0 bridgehead atoms. The number of carbonyl (C=O) groups excluding carboxylic acids is 2. The summed E-state index contributed by atoms with van der Waals surface area (Å²) >= 11 is 0. The minimum absolute atomic E-state index is 0.354. The Morgan fingerprint density at radius 3 is 1.73 bits per heavy atom. The van der Waals surface area contributed by atoms with E-state index in [1.807, 2.05) is 0 Å². The molecule has 0 aliphatic carbocycles. The number of rotatable bonds is 11. The van der Waals surface area contributed by atoms with E-state index in [1.54, 1.807) is 6.92 Å². The lowest BCUT2D eigenvalue weighted by molar-refractivity contribution is -0.152. The molecule has 0 amide bonds. The normalized spacial score (nSPS) is 13.4. The highest BCUT2D eigenvalue weighted by Gasteiger charge is 2.35. The van der Waals surface area contributed by atoms with Gasteiger partial charge in [0, 0.05) is 12.0 Å². The molecule has 0 aromatic carbocycles. The third kappa shape index (κ3) is 6.44. The fourth-order valence-corrected chi connectivity index (χ4v) is 1.74. The Morgan fingerprint density at radius 2 is 1.41 bits per heavy atom. The van der Waals surface area contributed by atoms with E-state index in [0.717, 1.165) is 0 Å². The molecule has 0 saturated heterocycles. The molecule has 22 heavy (non-hydrogen) atoms. The van der Waals surface area contributed by atoms with Crippen molar-refractivity contribution in [2.75, 3.05) is 0 Å². The molecule has 0 aromatic rings. The monoisotopic (exact) mass is 317 g/mol. The highest BCUT2D eigenvalue weighted by Crippen LogP contribution is 2.10. The van der Waals surface area contributed by atoms with Crippen LogP contribution in [0.2, 0.25) is 0 Å². The Kier molecular flexibility index (Phi) is 7.95. The molecule has 0 spiro atoms. The molecule has 2 atom stereocenters. The third-order valence-electron chi connectivity index (χ3n) is 3.10. The first-order valence-corrected chi connectivity index (χ1v) is 6.60. The lowest BCUT2D eigenvalue weighted by atomic mass is 9.93. The van der Waals surface area contributed by atoms with Crippen molar-refractivity contribution < 1.29 is 39.3 Å². The third-order valence-corrected chi connectivity index (χ3v) is 3.10. The lowest BCUT2D eigenvalue weighted by Gasteiger charge is -2.23. The van der Waals surface area contributed by atoms with Gasteiger partial charge in [0.25, 0.3) is 5.78 Å². The van der Waals surface area contributed by atoms with E-state index in [1.165, 1.54) is 6.92 Å². The highest BCUT2D eigenvalue weighted by atomic mass is 16.4. The van der Waals surface area contributed by atoms with Crippen molar-refractivity contribution in [2.45, 2.75) is 45.2 Å². The first-order valence-electron chi connectivity index (χ1n) is 6.60. The smallest absolute Gasteiger partial charge is 0.374 e. The number of carbonyl (C=O) groups is 5. The minimum atomic E-state index is -1.85. The quantitative estimate of drug-likeness (QED) is 0.292. The molecule has 0 aliphatic heterocycles. The first kappa shape index (κ1) is 19.7. The maximum Gasteiger partial charge on any atom is 0.374 e. The molecular formula is C13H19NO8. The predicted octanol–water partition coefficient (Wildman–Crippen LogP) is -0.468. The van der Waals surface area contributed by atoms with Crippen LogP contribution in [0.15, 0.2) is 0 Å². The molecule has 4 N–H and O–H groups in total. The van der Waals surface area contributed by atoms with Gasteiger partial charge in [-0.25, -0.2) is 4.79 Å². The highest BCUT2D eigenvalue weighted by molar-refractivity contribution is 6.39. The molecule has 9 heteroatoms. The predicted molar refractivity (Wildman–Crippen MR) is 72.3 cm³/mol. The summed E-state index contributed by atoms with van der Waals surface area (Å²) in [7, 11) is 0. The van der Waals surface area contributed by atoms with Gasteiger partial charge in [-0.15, -0.1) is 0 Å². The van der Waals surface area contributed by atoms with E-state index in [2.05, 4.69) is 5.32 Å². The van der Waals surface area contributed by atoms with E-state index in [4.69, 9.17) is 15.3 Å². The van der Waals surface area contributed by atoms with Gasteiger partial charge in [0.05, 0.1) is 12.8 Å². The topological polar surface area (TPSA) is 158 Å². The van der Waals surface area contributed by atoms with Gasteiger partial charge < -0.3 is 15.3 Å². The fourth-order valence-electron chi connectivity index (χ4n) is 1.74. The molecular weight excluding hydrogens is 298 g/mol. The molecule has 0 heterocycles. The SMILES string of the molecule is CCC(C)C(=O)C(NC(CC(=O)O)CC(=O)O)C(=O)C(=O)O. The van der Waals surface area contributed by atoms with Gasteiger partial charge in [0.15, 0.2) is 5.78 Å². The number of carboxylic acid groups (broad SMARTS) is 3. The van der Waals surface area contributed by atoms with Crippen LogP contribution in [0.1, 0.15) is 33.1 Å². The molecule has 124 valence electrons. The lowest BCUT2D eigenvalue weighted by Crippen LogP contribution is -2.53. The number of ketones is 2. The molecule has 0 fully saturated rings. The van der Waals surface area contributed by atoms with E-state index >= 15 is 0 Å². The van der Waals surface area contributed by atoms with Crippen LogP contribution in [0.4, 0.5) is 0 Å². The molecule has 9 nitrogen and oxygen atoms in total. The number of aliphatic carboxylic acids is 3. The molecule has 0 rings (SSSR count). The van der Waals surface area contributed by atoms with Gasteiger partial charge in [-0.05, 0) is 6.42 Å². The second kappa shape index (κ2) is 8.88. The number of nitrogens with one attached hydrogen (secondary N) is 1. The number of hydrogen-bond donors (Lipinski definition) is 4. The van der Waals surface area contributed by atoms with Gasteiger partial charge in [0.1, 0.15) is 6.04 Å². The second-order valence-electron chi connectivity index (χ2n) is 4.87. The summed E-state index contributed by atoms with van der Waals surface area (Å²) in [4.78, 5) is 56.0. The summed E-state index contributed by atoms with van der Waals surface area (Å²) in [5.74, 6) is -7.30. The fraction of sp³-hybridized carbons (Fsp3) is 0.615. The Bertz CT molecular complexity index is 457. The van der Waals surface area contributed by atoms with Gasteiger partial charge in [-0.2, -0.15) is 0 Å². The van der Waals surface area contributed by atoms with Crippen molar-refractivity contribution in [3.63, 3.8) is 0 Å². The maximum atomic E-state index is 12.1. The minimum Gasteiger partial charge on any atom is -0.481 e. The second-order valence-corrected chi connectivity index (χ2v) is 4.87. The van der Waals surface area contributed by atoms with Crippen molar-refractivity contribution in [1.29, 1.82) is 0 Å². The number of carboxylic acids is 3.